The Kier molecular flexibility index (Phi) is 5.67. The Balaban J connectivity index is 1.41. The molecular weight excluding hydrogens is 365 g/mol. The summed E-state index contributed by atoms with van der Waals surface area (Å²) in [5.41, 5.74) is 3.13. The molecule has 0 unspecified atom stereocenters. The maximum atomic E-state index is 13.7. The molecule has 0 atom stereocenters. The SMILES string of the molecule is Cc1cc(C(=O)N2CCN(C/C=C/c3ccccc3)CC2)c2cc(F)ccc2n1. The summed E-state index contributed by atoms with van der Waals surface area (Å²) in [5, 5.41) is 0.578. The zero-order chi connectivity index (χ0) is 20.2. The Labute approximate surface area is 170 Å². The predicted octanol–water partition coefficient (Wildman–Crippen LogP) is 4.15. The molecule has 1 aliphatic heterocycles. The van der Waals surface area contributed by atoms with Crippen LogP contribution in [0.3, 0.4) is 0 Å². The number of hydrogen-bond donors (Lipinski definition) is 0. The van der Waals surface area contributed by atoms with Gasteiger partial charge in [-0.2, -0.15) is 0 Å². The zero-order valence-electron chi connectivity index (χ0n) is 16.5. The molecule has 29 heavy (non-hydrogen) atoms. The highest BCUT2D eigenvalue weighted by Crippen LogP contribution is 2.22. The molecule has 0 N–H and O–H groups in total. The number of pyridine rings is 1. The van der Waals surface area contributed by atoms with Crippen molar-refractivity contribution in [1.82, 2.24) is 14.8 Å². The van der Waals surface area contributed by atoms with E-state index in [-0.39, 0.29) is 11.7 Å². The number of piperazine rings is 1. The van der Waals surface area contributed by atoms with Crippen molar-refractivity contribution in [3.63, 3.8) is 0 Å². The predicted molar refractivity (Wildman–Crippen MR) is 114 cm³/mol. The number of halogens is 1. The highest BCUT2D eigenvalue weighted by atomic mass is 19.1. The maximum absolute atomic E-state index is 13.7. The van der Waals surface area contributed by atoms with Crippen LogP contribution in [0.5, 0.6) is 0 Å². The number of carbonyl (C=O) groups is 1. The second-order valence-electron chi connectivity index (χ2n) is 7.38. The molecule has 1 saturated heterocycles. The fraction of sp³-hybridized carbons (Fsp3) is 0.250. The average molecular weight is 389 g/mol. The molecule has 0 spiro atoms. The molecule has 4 nitrogen and oxygen atoms in total. The minimum Gasteiger partial charge on any atom is -0.336 e. The van der Waals surface area contributed by atoms with Crippen molar-refractivity contribution in [3.8, 4) is 0 Å². The van der Waals surface area contributed by atoms with Crippen molar-refractivity contribution in [2.75, 3.05) is 32.7 Å². The molecule has 1 aliphatic rings. The van der Waals surface area contributed by atoms with E-state index in [0.717, 1.165) is 25.3 Å². The van der Waals surface area contributed by atoms with Crippen LogP contribution in [-0.4, -0.2) is 53.4 Å². The van der Waals surface area contributed by atoms with Crippen LogP contribution in [0.4, 0.5) is 4.39 Å². The third kappa shape index (κ3) is 4.51. The lowest BCUT2D eigenvalue weighted by atomic mass is 10.1. The molecule has 5 heteroatoms. The van der Waals surface area contributed by atoms with E-state index in [9.17, 15) is 9.18 Å². The van der Waals surface area contributed by atoms with Crippen LogP contribution in [0, 0.1) is 12.7 Å². The summed E-state index contributed by atoms with van der Waals surface area (Å²) in [5.74, 6) is -0.405. The lowest BCUT2D eigenvalue weighted by molar-refractivity contribution is 0.0652. The van der Waals surface area contributed by atoms with Gasteiger partial charge in [-0.1, -0.05) is 42.5 Å². The van der Waals surface area contributed by atoms with Gasteiger partial charge >= 0.3 is 0 Å². The number of carbonyl (C=O) groups excluding carboxylic acids is 1. The molecule has 148 valence electrons. The second kappa shape index (κ2) is 8.53. The van der Waals surface area contributed by atoms with Gasteiger partial charge in [0.2, 0.25) is 0 Å². The molecule has 2 heterocycles. The van der Waals surface area contributed by atoms with Gasteiger partial charge in [-0.15, -0.1) is 0 Å². The second-order valence-corrected chi connectivity index (χ2v) is 7.38. The van der Waals surface area contributed by atoms with Gasteiger partial charge in [-0.05, 0) is 36.8 Å². The minimum atomic E-state index is -0.354. The summed E-state index contributed by atoms with van der Waals surface area (Å²) < 4.78 is 13.7. The van der Waals surface area contributed by atoms with E-state index >= 15 is 0 Å². The van der Waals surface area contributed by atoms with E-state index in [4.69, 9.17) is 0 Å². The quantitative estimate of drug-likeness (QED) is 0.673. The van der Waals surface area contributed by atoms with Crippen LogP contribution in [0.25, 0.3) is 17.0 Å². The van der Waals surface area contributed by atoms with Crippen LogP contribution in [0.15, 0.2) is 60.7 Å². The van der Waals surface area contributed by atoms with Gasteiger partial charge in [-0.25, -0.2) is 4.39 Å². The van der Waals surface area contributed by atoms with Crippen molar-refractivity contribution in [2.45, 2.75) is 6.92 Å². The lowest BCUT2D eigenvalue weighted by Crippen LogP contribution is -2.48. The van der Waals surface area contributed by atoms with Crippen LogP contribution < -0.4 is 0 Å². The number of hydrogen-bond acceptors (Lipinski definition) is 3. The fourth-order valence-electron chi connectivity index (χ4n) is 3.71. The fourth-order valence-corrected chi connectivity index (χ4v) is 3.71. The molecule has 4 rings (SSSR count). The molecule has 1 fully saturated rings. The summed E-state index contributed by atoms with van der Waals surface area (Å²) in [6.07, 6.45) is 4.29. The Bertz CT molecular complexity index is 1040. The summed E-state index contributed by atoms with van der Waals surface area (Å²) in [6.45, 7) is 5.69. The van der Waals surface area contributed by atoms with Crippen LogP contribution in [0.2, 0.25) is 0 Å². The van der Waals surface area contributed by atoms with E-state index in [2.05, 4.69) is 34.2 Å². The molecule has 3 aromatic rings. The first-order valence-corrected chi connectivity index (χ1v) is 9.90. The molecule has 0 saturated carbocycles. The van der Waals surface area contributed by atoms with Gasteiger partial charge < -0.3 is 4.90 Å². The van der Waals surface area contributed by atoms with Crippen molar-refractivity contribution < 1.29 is 9.18 Å². The summed E-state index contributed by atoms with van der Waals surface area (Å²) in [6, 6.07) is 16.4. The Morgan fingerprint density at radius 1 is 1.07 bits per heavy atom. The van der Waals surface area contributed by atoms with E-state index in [1.165, 1.54) is 17.7 Å². The van der Waals surface area contributed by atoms with Crippen LogP contribution in [0.1, 0.15) is 21.6 Å². The van der Waals surface area contributed by atoms with E-state index in [0.29, 0.717) is 29.6 Å². The van der Waals surface area contributed by atoms with Gasteiger partial charge in [0.25, 0.3) is 5.91 Å². The number of aryl methyl sites for hydroxylation is 1. The van der Waals surface area contributed by atoms with E-state index < -0.39 is 0 Å². The monoisotopic (exact) mass is 389 g/mol. The first-order chi connectivity index (χ1) is 14.1. The highest BCUT2D eigenvalue weighted by Gasteiger charge is 2.23. The van der Waals surface area contributed by atoms with Crippen LogP contribution in [-0.2, 0) is 0 Å². The van der Waals surface area contributed by atoms with Crippen molar-refractivity contribution in [2.24, 2.45) is 0 Å². The van der Waals surface area contributed by atoms with Crippen molar-refractivity contribution >= 4 is 22.9 Å². The Hall–Kier alpha value is -3.05. The highest BCUT2D eigenvalue weighted by molar-refractivity contribution is 6.06. The minimum absolute atomic E-state index is 0.0504. The maximum Gasteiger partial charge on any atom is 0.254 e. The number of fused-ring (bicyclic) bond motifs is 1. The lowest BCUT2D eigenvalue weighted by Gasteiger charge is -2.34. The third-order valence-corrected chi connectivity index (χ3v) is 5.26. The molecular formula is C24H24FN3O. The first-order valence-electron chi connectivity index (χ1n) is 9.90. The van der Waals surface area contributed by atoms with Gasteiger partial charge in [0, 0.05) is 43.8 Å². The topological polar surface area (TPSA) is 36.4 Å². The molecule has 0 radical (unpaired) electrons. The van der Waals surface area contributed by atoms with Gasteiger partial charge in [0.1, 0.15) is 5.82 Å². The summed E-state index contributed by atoms with van der Waals surface area (Å²) in [7, 11) is 0. The number of aromatic nitrogens is 1. The van der Waals surface area contributed by atoms with Crippen molar-refractivity contribution in [1.29, 1.82) is 0 Å². The Morgan fingerprint density at radius 2 is 1.83 bits per heavy atom. The Morgan fingerprint density at radius 3 is 2.59 bits per heavy atom. The van der Waals surface area contributed by atoms with Crippen LogP contribution >= 0.6 is 0 Å². The number of nitrogens with zero attached hydrogens (tertiary/aromatic N) is 3. The smallest absolute Gasteiger partial charge is 0.254 e. The van der Waals surface area contributed by atoms with Gasteiger partial charge in [-0.3, -0.25) is 14.7 Å². The molecule has 1 amide bonds. The molecule has 0 aliphatic carbocycles. The average Bonchev–Trinajstić information content (AvgIpc) is 2.74. The number of amides is 1. The summed E-state index contributed by atoms with van der Waals surface area (Å²) >= 11 is 0. The van der Waals surface area contributed by atoms with E-state index in [1.54, 1.807) is 12.1 Å². The first kappa shape index (κ1) is 19.3. The number of rotatable bonds is 4. The third-order valence-electron chi connectivity index (χ3n) is 5.26. The molecule has 1 aromatic heterocycles. The number of benzene rings is 2. The van der Waals surface area contributed by atoms with E-state index in [1.807, 2.05) is 30.0 Å². The molecule has 0 bridgehead atoms. The van der Waals surface area contributed by atoms with Gasteiger partial charge in [0.15, 0.2) is 0 Å². The molecule has 2 aromatic carbocycles. The van der Waals surface area contributed by atoms with Gasteiger partial charge in [0.05, 0.1) is 11.1 Å². The standard InChI is InChI=1S/C24H24FN3O/c1-18-16-22(21-17-20(25)9-10-23(21)26-18)24(29)28-14-12-27(13-15-28)11-5-8-19-6-3-2-4-7-19/h2-10,16-17H,11-15H2,1H3/b8-5+. The zero-order valence-corrected chi connectivity index (χ0v) is 16.5. The summed E-state index contributed by atoms with van der Waals surface area (Å²) in [4.78, 5) is 21.7. The van der Waals surface area contributed by atoms with Crippen molar-refractivity contribution in [3.05, 3.63) is 83.3 Å². The normalized spacial score (nSPS) is 15.3. The largest absolute Gasteiger partial charge is 0.336 e.